The summed E-state index contributed by atoms with van der Waals surface area (Å²) in [6, 6.07) is 0. The predicted octanol–water partition coefficient (Wildman–Crippen LogP) is 19.3. The first-order valence-corrected chi connectivity index (χ1v) is 38.7. The van der Waals surface area contributed by atoms with Gasteiger partial charge < -0.3 is 33.8 Å². The van der Waals surface area contributed by atoms with Crippen molar-refractivity contribution in [3.05, 3.63) is 0 Å². The van der Waals surface area contributed by atoms with Crippen molar-refractivity contribution in [2.24, 2.45) is 23.7 Å². The lowest BCUT2D eigenvalue weighted by molar-refractivity contribution is -0.161. The summed E-state index contributed by atoms with van der Waals surface area (Å²) in [6.45, 7) is 14.0. The number of rotatable bonds is 66. The summed E-state index contributed by atoms with van der Waals surface area (Å²) in [7, 11) is -9.90. The molecule has 0 aliphatic heterocycles. The maximum Gasteiger partial charge on any atom is 0.472 e. The molecule has 0 heterocycles. The van der Waals surface area contributed by atoms with Gasteiger partial charge in [-0.2, -0.15) is 0 Å². The highest BCUT2D eigenvalue weighted by Crippen LogP contribution is 2.45. The molecule has 0 aromatic heterocycles. The fourth-order valence-corrected chi connectivity index (χ4v) is 11.9. The van der Waals surface area contributed by atoms with Gasteiger partial charge in [-0.3, -0.25) is 37.3 Å². The molecule has 5 atom stereocenters. The van der Waals surface area contributed by atoms with Crippen LogP contribution in [0.3, 0.4) is 0 Å². The van der Waals surface area contributed by atoms with Gasteiger partial charge in [0.05, 0.1) is 26.4 Å². The second kappa shape index (κ2) is 58.8. The molecule has 0 aromatic rings. The molecule has 522 valence electrons. The molecule has 0 aliphatic rings. The van der Waals surface area contributed by atoms with Crippen LogP contribution in [0.25, 0.3) is 0 Å². The average Bonchev–Trinajstić information content (AvgIpc) is 3.40. The molecule has 0 saturated heterocycles. The van der Waals surface area contributed by atoms with Gasteiger partial charge in [0.15, 0.2) is 12.2 Å². The minimum Gasteiger partial charge on any atom is -0.462 e. The summed E-state index contributed by atoms with van der Waals surface area (Å²) in [6.07, 6.45) is 40.4. The van der Waals surface area contributed by atoms with Gasteiger partial charge >= 0.3 is 39.5 Å². The highest BCUT2D eigenvalue weighted by molar-refractivity contribution is 7.47. The van der Waals surface area contributed by atoms with E-state index in [2.05, 4.69) is 55.4 Å². The number of aliphatic hydroxyl groups is 1. The van der Waals surface area contributed by atoms with Gasteiger partial charge in [-0.15, -0.1) is 0 Å². The van der Waals surface area contributed by atoms with E-state index in [4.69, 9.17) is 37.0 Å². The first-order valence-electron chi connectivity index (χ1n) is 35.7. The van der Waals surface area contributed by atoms with Crippen molar-refractivity contribution in [3.63, 3.8) is 0 Å². The Morgan fingerprint density at radius 1 is 0.284 bits per heavy atom. The largest absolute Gasteiger partial charge is 0.472 e. The molecule has 0 bridgehead atoms. The standard InChI is InChI=1S/C69H134O17P2/c1-59(2)45-37-29-21-14-10-9-11-16-26-35-43-51-68(73)85-64(55-79-66(71)49-41-33-25-19-18-23-31-39-47-61(5)6)57-83-87(75,76)81-53-63(70)54-82-88(77,78)84-58-65(56-80-67(72)50-42-34-28-20-24-32-40-48-62(7)8)86-69(74)52-44-36-27-17-13-12-15-22-30-38-46-60(3)4/h59-65,70H,9-58H2,1-8H3,(H,75,76)(H,77,78)/t63-,64+,65+/m0/s1. The maximum atomic E-state index is 13.0. The van der Waals surface area contributed by atoms with Gasteiger partial charge in [0.1, 0.15) is 19.3 Å². The van der Waals surface area contributed by atoms with Crippen LogP contribution in [0.5, 0.6) is 0 Å². The number of phosphoric ester groups is 2. The zero-order valence-electron chi connectivity index (χ0n) is 57.3. The van der Waals surface area contributed by atoms with E-state index in [1.54, 1.807) is 0 Å². The Labute approximate surface area is 537 Å². The van der Waals surface area contributed by atoms with Gasteiger partial charge in [0.2, 0.25) is 0 Å². The molecule has 17 nitrogen and oxygen atoms in total. The van der Waals surface area contributed by atoms with Crippen molar-refractivity contribution in [1.82, 2.24) is 0 Å². The second-order valence-electron chi connectivity index (χ2n) is 26.8. The van der Waals surface area contributed by atoms with Crippen molar-refractivity contribution in [3.8, 4) is 0 Å². The molecule has 0 amide bonds. The zero-order valence-corrected chi connectivity index (χ0v) is 59.1. The van der Waals surface area contributed by atoms with Crippen LogP contribution >= 0.6 is 15.6 Å². The number of hydrogen-bond donors (Lipinski definition) is 3. The van der Waals surface area contributed by atoms with Crippen LogP contribution < -0.4 is 0 Å². The van der Waals surface area contributed by atoms with E-state index in [0.29, 0.717) is 31.6 Å². The van der Waals surface area contributed by atoms with Crippen LogP contribution in [-0.4, -0.2) is 96.7 Å². The van der Waals surface area contributed by atoms with Crippen molar-refractivity contribution >= 4 is 39.5 Å². The van der Waals surface area contributed by atoms with E-state index >= 15 is 0 Å². The first kappa shape index (κ1) is 86.1. The molecular weight excluding hydrogens is 1160 g/mol. The van der Waals surface area contributed by atoms with Crippen molar-refractivity contribution in [1.29, 1.82) is 0 Å². The lowest BCUT2D eigenvalue weighted by Crippen LogP contribution is -2.30. The van der Waals surface area contributed by atoms with Gasteiger partial charge in [0.25, 0.3) is 0 Å². The molecule has 0 aromatic carbocycles. The number of unbranched alkanes of at least 4 members (excludes halogenated alkanes) is 32. The van der Waals surface area contributed by atoms with Gasteiger partial charge in [-0.1, -0.05) is 287 Å². The van der Waals surface area contributed by atoms with Crippen LogP contribution in [0.2, 0.25) is 0 Å². The Morgan fingerprint density at radius 3 is 0.705 bits per heavy atom. The van der Waals surface area contributed by atoms with Crippen LogP contribution in [0.1, 0.15) is 338 Å². The molecule has 0 aliphatic carbocycles. The van der Waals surface area contributed by atoms with E-state index < -0.39 is 97.5 Å². The third-order valence-corrected chi connectivity index (χ3v) is 17.7. The molecular formula is C69H134O17P2. The molecule has 19 heteroatoms. The molecule has 0 radical (unpaired) electrons. The molecule has 3 N–H and O–H groups in total. The van der Waals surface area contributed by atoms with E-state index in [-0.39, 0.29) is 25.7 Å². The number of phosphoric acid groups is 2. The third-order valence-electron chi connectivity index (χ3n) is 15.8. The van der Waals surface area contributed by atoms with Crippen LogP contribution in [0.15, 0.2) is 0 Å². The zero-order chi connectivity index (χ0) is 65.4. The van der Waals surface area contributed by atoms with Gasteiger partial charge in [-0.05, 0) is 49.4 Å². The fourth-order valence-electron chi connectivity index (χ4n) is 10.3. The number of esters is 4. The molecule has 0 spiro atoms. The Morgan fingerprint density at radius 2 is 0.477 bits per heavy atom. The van der Waals surface area contributed by atoms with E-state index in [1.807, 2.05) is 0 Å². The molecule has 88 heavy (non-hydrogen) atoms. The predicted molar refractivity (Wildman–Crippen MR) is 354 cm³/mol. The monoisotopic (exact) mass is 1300 g/mol. The molecule has 2 unspecified atom stereocenters. The van der Waals surface area contributed by atoms with Crippen LogP contribution in [0.4, 0.5) is 0 Å². The summed E-state index contributed by atoms with van der Waals surface area (Å²) in [4.78, 5) is 72.5. The quantitative estimate of drug-likeness (QED) is 0.0222. The summed E-state index contributed by atoms with van der Waals surface area (Å²) in [5.41, 5.74) is 0. The Bertz CT molecular complexity index is 1750. The van der Waals surface area contributed by atoms with Gasteiger partial charge in [-0.25, -0.2) is 9.13 Å². The Balaban J connectivity index is 5.26. The SMILES string of the molecule is CC(C)CCCCCCCCCCCCCC(=O)O[C@H](COC(=O)CCCCCCCCCCC(C)C)COP(=O)(O)OC[C@H](O)COP(=O)(O)OC[C@@H](COC(=O)CCCCCCCCCC(C)C)OC(=O)CCCCCCCCCCCCC(C)C. The Kier molecular flexibility index (Phi) is 57.6. The maximum absolute atomic E-state index is 13.0. The minimum absolute atomic E-state index is 0.104. The van der Waals surface area contributed by atoms with E-state index in [9.17, 15) is 43.2 Å². The summed E-state index contributed by atoms with van der Waals surface area (Å²) in [5, 5.41) is 10.6. The number of aliphatic hydroxyl groups excluding tert-OH is 1. The number of ether oxygens (including phenoxy) is 4. The van der Waals surface area contributed by atoms with Crippen LogP contribution in [-0.2, 0) is 65.4 Å². The number of hydrogen-bond acceptors (Lipinski definition) is 15. The van der Waals surface area contributed by atoms with Gasteiger partial charge in [0, 0.05) is 25.7 Å². The highest BCUT2D eigenvalue weighted by atomic mass is 31.2. The van der Waals surface area contributed by atoms with Crippen molar-refractivity contribution in [2.45, 2.75) is 356 Å². The number of carbonyl (C=O) groups excluding carboxylic acids is 4. The normalized spacial score (nSPS) is 14.3. The Hall–Kier alpha value is -1.94. The second-order valence-corrected chi connectivity index (χ2v) is 29.7. The summed E-state index contributed by atoms with van der Waals surface area (Å²) >= 11 is 0. The van der Waals surface area contributed by atoms with E-state index in [1.165, 1.54) is 135 Å². The fraction of sp³-hybridized carbons (Fsp3) is 0.942. The third kappa shape index (κ3) is 62.8. The molecule has 0 fully saturated rings. The summed E-state index contributed by atoms with van der Waals surface area (Å²) in [5.74, 6) is 0.817. The average molecular weight is 1300 g/mol. The van der Waals surface area contributed by atoms with Crippen molar-refractivity contribution in [2.75, 3.05) is 39.6 Å². The lowest BCUT2D eigenvalue weighted by atomic mass is 10.0. The van der Waals surface area contributed by atoms with Crippen LogP contribution in [0, 0.1) is 23.7 Å². The first-order chi connectivity index (χ1) is 42.1. The molecule has 0 rings (SSSR count). The summed E-state index contributed by atoms with van der Waals surface area (Å²) < 4.78 is 68.2. The number of carbonyl (C=O) groups is 4. The van der Waals surface area contributed by atoms with Crippen molar-refractivity contribution < 1.29 is 80.2 Å². The highest BCUT2D eigenvalue weighted by Gasteiger charge is 2.30. The topological polar surface area (TPSA) is 237 Å². The minimum atomic E-state index is -4.95. The molecule has 0 saturated carbocycles. The lowest BCUT2D eigenvalue weighted by Gasteiger charge is -2.21. The smallest absolute Gasteiger partial charge is 0.462 e. The van der Waals surface area contributed by atoms with E-state index in [0.717, 1.165) is 114 Å².